The van der Waals surface area contributed by atoms with Crippen molar-refractivity contribution < 1.29 is 4.74 Å². The fourth-order valence-corrected chi connectivity index (χ4v) is 0.674. The van der Waals surface area contributed by atoms with Gasteiger partial charge < -0.3 is 4.74 Å². The zero-order valence-corrected chi connectivity index (χ0v) is 7.84. The number of benzene rings is 1. The van der Waals surface area contributed by atoms with Crippen LogP contribution in [0.2, 0.25) is 0 Å². The van der Waals surface area contributed by atoms with Gasteiger partial charge in [0.2, 0.25) is 0 Å². The molecular formula is C11H16O. The van der Waals surface area contributed by atoms with E-state index in [2.05, 4.69) is 6.92 Å². The van der Waals surface area contributed by atoms with Gasteiger partial charge in [-0.25, -0.2) is 0 Å². The third kappa shape index (κ3) is 4.02. The topological polar surface area (TPSA) is 9.23 Å². The predicted octanol–water partition coefficient (Wildman–Crippen LogP) is 3.17. The van der Waals surface area contributed by atoms with Crippen LogP contribution in [0.1, 0.15) is 24.8 Å². The summed E-state index contributed by atoms with van der Waals surface area (Å²) in [5, 5.41) is 0. The molecule has 0 unspecified atom stereocenters. The molecule has 0 saturated heterocycles. The Morgan fingerprint density at radius 1 is 1.00 bits per heavy atom. The highest BCUT2D eigenvalue weighted by Crippen LogP contribution is 2.14. The zero-order valence-electron chi connectivity index (χ0n) is 7.84. The van der Waals surface area contributed by atoms with Gasteiger partial charge in [0, 0.05) is 0 Å². The minimum Gasteiger partial charge on any atom is -0.497 e. The van der Waals surface area contributed by atoms with Gasteiger partial charge >= 0.3 is 0 Å². The molecule has 0 aliphatic heterocycles. The van der Waals surface area contributed by atoms with E-state index in [-0.39, 0.29) is 0 Å². The molecule has 1 aromatic carbocycles. The van der Waals surface area contributed by atoms with Crippen molar-refractivity contribution in [2.75, 3.05) is 7.11 Å². The Hall–Kier alpha value is -0.980. The Morgan fingerprint density at radius 2 is 1.50 bits per heavy atom. The molecule has 1 heteroatoms. The van der Waals surface area contributed by atoms with Gasteiger partial charge in [0.25, 0.3) is 0 Å². The number of hydrogen-bond acceptors (Lipinski definition) is 1. The quantitative estimate of drug-likeness (QED) is 0.619. The molecule has 1 aromatic rings. The lowest BCUT2D eigenvalue weighted by Gasteiger charge is -1.97. The first-order chi connectivity index (χ1) is 5.83. The van der Waals surface area contributed by atoms with Gasteiger partial charge in [-0.2, -0.15) is 0 Å². The van der Waals surface area contributed by atoms with Crippen LogP contribution in [0.15, 0.2) is 24.3 Å². The van der Waals surface area contributed by atoms with Crippen LogP contribution in [-0.4, -0.2) is 7.11 Å². The van der Waals surface area contributed by atoms with Crippen LogP contribution in [0.4, 0.5) is 0 Å². The molecule has 12 heavy (non-hydrogen) atoms. The van der Waals surface area contributed by atoms with Crippen molar-refractivity contribution in [3.05, 3.63) is 29.8 Å². The van der Waals surface area contributed by atoms with E-state index in [1.807, 2.05) is 24.3 Å². The summed E-state index contributed by atoms with van der Waals surface area (Å²) >= 11 is 0. The fraction of sp³-hybridized carbons (Fsp3) is 0.455. The largest absolute Gasteiger partial charge is 0.497 e. The summed E-state index contributed by atoms with van der Waals surface area (Å²) in [5.41, 5.74) is 1.26. The van der Waals surface area contributed by atoms with Crippen LogP contribution in [0, 0.1) is 6.92 Å². The molecular weight excluding hydrogens is 148 g/mol. The molecule has 0 atom stereocenters. The van der Waals surface area contributed by atoms with Crippen molar-refractivity contribution in [1.29, 1.82) is 0 Å². The molecule has 0 radical (unpaired) electrons. The van der Waals surface area contributed by atoms with Crippen LogP contribution >= 0.6 is 0 Å². The summed E-state index contributed by atoms with van der Waals surface area (Å²) in [6, 6.07) is 7.96. The molecule has 0 spiro atoms. The molecule has 0 aromatic heterocycles. The highest BCUT2D eigenvalue weighted by molar-refractivity contribution is 5.25. The second kappa shape index (κ2) is 4.81. The third-order valence-corrected chi connectivity index (χ3v) is 1.61. The maximum absolute atomic E-state index is 4.97. The van der Waals surface area contributed by atoms with E-state index in [9.17, 15) is 0 Å². The van der Waals surface area contributed by atoms with E-state index in [0.29, 0.717) is 0 Å². The lowest BCUT2D eigenvalue weighted by molar-refractivity contribution is 0.414. The van der Waals surface area contributed by atoms with Crippen LogP contribution in [0.3, 0.4) is 0 Å². The average Bonchev–Trinajstić information content (AvgIpc) is 2.92. The first-order valence-electron chi connectivity index (χ1n) is 4.43. The molecule has 0 heterocycles. The van der Waals surface area contributed by atoms with Crippen molar-refractivity contribution in [2.45, 2.75) is 26.2 Å². The standard InChI is InChI=1S/C8H10O.C3H6/c1-7-3-5-8(9-2)6-4-7;1-2-3-1/h3-6H,1-2H3;1-3H2. The summed E-state index contributed by atoms with van der Waals surface area (Å²) in [7, 11) is 1.67. The summed E-state index contributed by atoms with van der Waals surface area (Å²) in [6.07, 6.45) is 4.50. The first kappa shape index (κ1) is 9.11. The zero-order chi connectivity index (χ0) is 8.81. The summed E-state index contributed by atoms with van der Waals surface area (Å²) in [5.74, 6) is 0.917. The number of rotatable bonds is 1. The van der Waals surface area contributed by atoms with Crippen LogP contribution in [-0.2, 0) is 0 Å². The smallest absolute Gasteiger partial charge is 0.118 e. The van der Waals surface area contributed by atoms with Crippen molar-refractivity contribution >= 4 is 0 Å². The Morgan fingerprint density at radius 3 is 1.83 bits per heavy atom. The molecule has 1 nitrogen and oxygen atoms in total. The second-order valence-corrected chi connectivity index (χ2v) is 3.08. The van der Waals surface area contributed by atoms with E-state index < -0.39 is 0 Å². The van der Waals surface area contributed by atoms with Gasteiger partial charge in [0.1, 0.15) is 5.75 Å². The Balaban J connectivity index is 0.000000200. The summed E-state index contributed by atoms with van der Waals surface area (Å²) in [4.78, 5) is 0. The number of aryl methyl sites for hydroxylation is 1. The van der Waals surface area contributed by atoms with E-state index in [1.165, 1.54) is 24.8 Å². The summed E-state index contributed by atoms with van der Waals surface area (Å²) in [6.45, 7) is 2.06. The molecule has 0 amide bonds. The molecule has 1 aliphatic rings. The van der Waals surface area contributed by atoms with Crippen LogP contribution in [0.5, 0.6) is 5.75 Å². The molecule has 0 N–H and O–H groups in total. The lowest BCUT2D eigenvalue weighted by Crippen LogP contribution is -1.80. The number of hydrogen-bond donors (Lipinski definition) is 0. The minimum absolute atomic E-state index is 0.917. The van der Waals surface area contributed by atoms with Gasteiger partial charge in [-0.1, -0.05) is 37.0 Å². The number of ether oxygens (including phenoxy) is 1. The molecule has 1 saturated carbocycles. The van der Waals surface area contributed by atoms with E-state index in [4.69, 9.17) is 4.74 Å². The van der Waals surface area contributed by atoms with Gasteiger partial charge in [-0.15, -0.1) is 0 Å². The Bertz CT molecular complexity index is 208. The minimum atomic E-state index is 0.917. The lowest BCUT2D eigenvalue weighted by atomic mass is 10.2. The Kier molecular flexibility index (Phi) is 3.65. The van der Waals surface area contributed by atoms with Crippen molar-refractivity contribution in [1.82, 2.24) is 0 Å². The van der Waals surface area contributed by atoms with Gasteiger partial charge in [-0.3, -0.25) is 0 Å². The molecule has 66 valence electrons. The highest BCUT2D eigenvalue weighted by atomic mass is 16.5. The van der Waals surface area contributed by atoms with Crippen molar-refractivity contribution in [2.24, 2.45) is 0 Å². The monoisotopic (exact) mass is 164 g/mol. The van der Waals surface area contributed by atoms with Crippen molar-refractivity contribution in [3.8, 4) is 5.75 Å². The molecule has 0 bridgehead atoms. The number of methoxy groups -OCH3 is 1. The summed E-state index contributed by atoms with van der Waals surface area (Å²) < 4.78 is 4.97. The SMILES string of the molecule is C1CC1.COc1ccc(C)cc1. The van der Waals surface area contributed by atoms with Crippen LogP contribution in [0.25, 0.3) is 0 Å². The van der Waals surface area contributed by atoms with Crippen molar-refractivity contribution in [3.63, 3.8) is 0 Å². The second-order valence-electron chi connectivity index (χ2n) is 3.08. The maximum Gasteiger partial charge on any atom is 0.118 e. The normalized spacial score (nSPS) is 12.8. The van der Waals surface area contributed by atoms with Gasteiger partial charge in [0.15, 0.2) is 0 Å². The van der Waals surface area contributed by atoms with Gasteiger partial charge in [-0.05, 0) is 19.1 Å². The van der Waals surface area contributed by atoms with Crippen LogP contribution < -0.4 is 4.74 Å². The van der Waals surface area contributed by atoms with E-state index in [0.717, 1.165) is 5.75 Å². The maximum atomic E-state index is 4.97. The van der Waals surface area contributed by atoms with Gasteiger partial charge in [0.05, 0.1) is 7.11 Å². The van der Waals surface area contributed by atoms with E-state index >= 15 is 0 Å². The highest BCUT2D eigenvalue weighted by Gasteiger charge is 1.95. The first-order valence-corrected chi connectivity index (χ1v) is 4.43. The fourth-order valence-electron chi connectivity index (χ4n) is 0.674. The molecule has 1 fully saturated rings. The molecule has 1 aliphatic carbocycles. The molecule has 2 rings (SSSR count). The predicted molar refractivity (Wildman–Crippen MR) is 51.6 cm³/mol. The van der Waals surface area contributed by atoms with E-state index in [1.54, 1.807) is 7.11 Å². The average molecular weight is 164 g/mol. The third-order valence-electron chi connectivity index (χ3n) is 1.61. The Labute approximate surface area is 74.4 Å².